The first-order chi connectivity index (χ1) is 16.1. The SMILES string of the molecule is COc1ccc2c(c1)C1(OCCO1)c1ccccc1S2.O=COC12CC3CC(CC(C3)C1)C2. The monoisotopic (exact) mass is 466 g/mol. The Morgan fingerprint density at radius 2 is 1.55 bits per heavy atom. The van der Waals surface area contributed by atoms with Crippen LogP contribution in [-0.4, -0.2) is 32.4 Å². The number of benzene rings is 2. The molecule has 2 aliphatic heterocycles. The lowest BCUT2D eigenvalue weighted by molar-refractivity contribution is -0.172. The lowest BCUT2D eigenvalue weighted by atomic mass is 9.54. The van der Waals surface area contributed by atoms with Gasteiger partial charge in [0.25, 0.3) is 6.47 Å². The fraction of sp³-hybridized carbons (Fsp3) is 0.519. The maximum Gasteiger partial charge on any atom is 0.293 e. The average molecular weight is 467 g/mol. The zero-order valence-corrected chi connectivity index (χ0v) is 19.8. The second-order valence-electron chi connectivity index (χ2n) is 10.1. The fourth-order valence-electron chi connectivity index (χ4n) is 7.07. The van der Waals surface area contributed by atoms with E-state index in [-0.39, 0.29) is 5.60 Å². The zero-order valence-electron chi connectivity index (χ0n) is 19.0. The van der Waals surface area contributed by atoms with E-state index >= 15 is 0 Å². The number of hydrogen-bond donors (Lipinski definition) is 0. The normalized spacial score (nSPS) is 31.8. The van der Waals surface area contributed by atoms with Crippen LogP contribution in [0.2, 0.25) is 0 Å². The second-order valence-corrected chi connectivity index (χ2v) is 11.2. The molecule has 0 radical (unpaired) electrons. The number of carbonyl (C=O) groups excluding carboxylic acids is 1. The highest BCUT2D eigenvalue weighted by Crippen LogP contribution is 2.57. The van der Waals surface area contributed by atoms with Crippen LogP contribution in [0.25, 0.3) is 0 Å². The van der Waals surface area contributed by atoms with Gasteiger partial charge >= 0.3 is 0 Å². The summed E-state index contributed by atoms with van der Waals surface area (Å²) < 4.78 is 22.8. The summed E-state index contributed by atoms with van der Waals surface area (Å²) in [6, 6.07) is 14.3. The molecule has 5 nitrogen and oxygen atoms in total. The molecule has 4 aliphatic carbocycles. The summed E-state index contributed by atoms with van der Waals surface area (Å²) in [7, 11) is 1.68. The van der Waals surface area contributed by atoms with Gasteiger partial charge in [-0.3, -0.25) is 4.79 Å². The van der Waals surface area contributed by atoms with E-state index in [1.165, 1.54) is 24.2 Å². The average Bonchev–Trinajstić information content (AvgIpc) is 3.29. The summed E-state index contributed by atoms with van der Waals surface area (Å²) in [6.45, 7) is 1.89. The predicted octanol–water partition coefficient (Wildman–Crippen LogP) is 5.54. The Labute approximate surface area is 199 Å². The van der Waals surface area contributed by atoms with Crippen LogP contribution in [0.5, 0.6) is 5.75 Å². The molecule has 174 valence electrons. The zero-order chi connectivity index (χ0) is 22.5. The molecule has 0 aromatic heterocycles. The first-order valence-electron chi connectivity index (χ1n) is 12.0. The third-order valence-corrected chi connectivity index (χ3v) is 9.13. The van der Waals surface area contributed by atoms with Gasteiger partial charge in [-0.2, -0.15) is 0 Å². The molecule has 0 unspecified atom stereocenters. The Balaban J connectivity index is 0.000000137. The van der Waals surface area contributed by atoms with Crippen molar-refractivity contribution in [1.82, 2.24) is 0 Å². The Kier molecular flexibility index (Phi) is 5.43. The first kappa shape index (κ1) is 21.5. The van der Waals surface area contributed by atoms with Crippen LogP contribution in [0.4, 0.5) is 0 Å². The molecular formula is C27H30O5S. The van der Waals surface area contributed by atoms with Crippen LogP contribution in [0.1, 0.15) is 49.7 Å². The molecular weight excluding hydrogens is 436 g/mol. The highest BCUT2D eigenvalue weighted by atomic mass is 32.2. The Bertz CT molecular complexity index is 1010. The highest BCUT2D eigenvalue weighted by Gasteiger charge is 2.52. The van der Waals surface area contributed by atoms with Gasteiger partial charge in [0, 0.05) is 20.9 Å². The largest absolute Gasteiger partial charge is 0.497 e. The first-order valence-corrected chi connectivity index (χ1v) is 12.8. The van der Waals surface area contributed by atoms with Crippen molar-refractivity contribution in [1.29, 1.82) is 0 Å². The number of carbonyl (C=O) groups is 1. The number of hydrogen-bond acceptors (Lipinski definition) is 6. The molecule has 1 saturated heterocycles. The van der Waals surface area contributed by atoms with Crippen molar-refractivity contribution in [2.75, 3.05) is 20.3 Å². The summed E-state index contributed by atoms with van der Waals surface area (Å²) in [5, 5.41) is 0. The molecule has 33 heavy (non-hydrogen) atoms. The van der Waals surface area contributed by atoms with E-state index in [1.54, 1.807) is 18.9 Å². The standard InChI is InChI=1S/C16H14O3S.C11H16O2/c1-17-11-6-7-15-13(10-11)16(18-8-9-19-16)12-4-2-3-5-14(12)20-15;12-7-13-11-4-8-1-9(5-11)3-10(2-8)6-11/h2-7,10H,8-9H2,1H3;7-10H,1-6H2. The van der Waals surface area contributed by atoms with Gasteiger partial charge in [0.15, 0.2) is 0 Å². The molecule has 4 saturated carbocycles. The number of rotatable bonds is 3. The van der Waals surface area contributed by atoms with E-state index in [4.69, 9.17) is 18.9 Å². The maximum atomic E-state index is 10.5. The van der Waals surface area contributed by atoms with E-state index in [0.717, 1.165) is 58.8 Å². The molecule has 0 amide bonds. The number of methoxy groups -OCH3 is 1. The molecule has 8 rings (SSSR count). The van der Waals surface area contributed by atoms with Crippen molar-refractivity contribution < 1.29 is 23.7 Å². The third-order valence-electron chi connectivity index (χ3n) is 7.98. The second kappa shape index (κ2) is 8.33. The van der Waals surface area contributed by atoms with Gasteiger partial charge in [0.2, 0.25) is 5.79 Å². The molecule has 4 bridgehead atoms. The minimum absolute atomic E-state index is 0.0174. The smallest absolute Gasteiger partial charge is 0.293 e. The van der Waals surface area contributed by atoms with Crippen LogP contribution in [0.15, 0.2) is 52.3 Å². The van der Waals surface area contributed by atoms with Crippen LogP contribution >= 0.6 is 11.8 Å². The molecule has 6 heteroatoms. The number of ether oxygens (including phenoxy) is 4. The van der Waals surface area contributed by atoms with E-state index in [9.17, 15) is 4.79 Å². The van der Waals surface area contributed by atoms with Crippen molar-refractivity contribution >= 4 is 18.2 Å². The molecule has 2 aromatic rings. The van der Waals surface area contributed by atoms with Gasteiger partial charge in [0.1, 0.15) is 11.4 Å². The van der Waals surface area contributed by atoms with Crippen molar-refractivity contribution in [2.45, 2.75) is 59.7 Å². The van der Waals surface area contributed by atoms with Gasteiger partial charge in [-0.1, -0.05) is 30.0 Å². The molecule has 6 aliphatic rings. The Hall–Kier alpha value is -2.02. The molecule has 0 atom stereocenters. The van der Waals surface area contributed by atoms with Gasteiger partial charge in [0.05, 0.1) is 20.3 Å². The quantitative estimate of drug-likeness (QED) is 0.554. The number of fused-ring (bicyclic) bond motifs is 4. The molecule has 2 heterocycles. The van der Waals surface area contributed by atoms with Crippen LogP contribution in [-0.2, 0) is 24.8 Å². The van der Waals surface area contributed by atoms with Crippen molar-refractivity contribution in [3.05, 3.63) is 53.6 Å². The maximum absolute atomic E-state index is 10.5. The summed E-state index contributed by atoms with van der Waals surface area (Å²) >= 11 is 1.75. The van der Waals surface area contributed by atoms with E-state index < -0.39 is 5.79 Å². The lowest BCUT2D eigenvalue weighted by Crippen LogP contribution is -2.51. The van der Waals surface area contributed by atoms with Crippen molar-refractivity contribution in [3.8, 4) is 5.75 Å². The van der Waals surface area contributed by atoms with Crippen molar-refractivity contribution in [2.24, 2.45) is 17.8 Å². The Morgan fingerprint density at radius 1 is 0.909 bits per heavy atom. The van der Waals surface area contributed by atoms with Crippen molar-refractivity contribution in [3.63, 3.8) is 0 Å². The fourth-order valence-corrected chi connectivity index (χ4v) is 8.21. The third kappa shape index (κ3) is 3.67. The predicted molar refractivity (Wildman–Crippen MR) is 124 cm³/mol. The van der Waals surface area contributed by atoms with Gasteiger partial charge in [-0.05, 0) is 80.5 Å². The highest BCUT2D eigenvalue weighted by molar-refractivity contribution is 7.99. The van der Waals surface area contributed by atoms with E-state index in [0.29, 0.717) is 19.7 Å². The molecule has 5 fully saturated rings. The molecule has 2 aromatic carbocycles. The minimum Gasteiger partial charge on any atom is -0.497 e. The molecule has 0 N–H and O–H groups in total. The summed E-state index contributed by atoms with van der Waals surface area (Å²) in [5.41, 5.74) is 2.11. The van der Waals surface area contributed by atoms with Gasteiger partial charge in [-0.25, -0.2) is 0 Å². The lowest BCUT2D eigenvalue weighted by Gasteiger charge is -2.55. The van der Waals surface area contributed by atoms with Gasteiger partial charge < -0.3 is 18.9 Å². The minimum atomic E-state index is -0.772. The van der Waals surface area contributed by atoms with Crippen LogP contribution in [0, 0.1) is 17.8 Å². The summed E-state index contributed by atoms with van der Waals surface area (Å²) in [5.74, 6) is 2.65. The summed E-state index contributed by atoms with van der Waals surface area (Å²) in [6.07, 6.45) is 7.66. The Morgan fingerprint density at radius 3 is 2.18 bits per heavy atom. The summed E-state index contributed by atoms with van der Waals surface area (Å²) in [4.78, 5) is 12.8. The molecule has 1 spiro atoms. The topological polar surface area (TPSA) is 54.0 Å². The van der Waals surface area contributed by atoms with Crippen LogP contribution in [0.3, 0.4) is 0 Å². The van der Waals surface area contributed by atoms with Gasteiger partial charge in [-0.15, -0.1) is 0 Å². The van der Waals surface area contributed by atoms with E-state index in [2.05, 4.69) is 18.2 Å². The van der Waals surface area contributed by atoms with Crippen LogP contribution < -0.4 is 4.74 Å². The van der Waals surface area contributed by atoms with E-state index in [1.807, 2.05) is 24.3 Å².